The standard InChI is InChI=1S/C21H23N3O2/c1-2-5-20-19(4-1)22-16-21(23-20)17-6-8-18(9-7-17)26-13-3-10-24-11-14-25-15-12-24/h1-2,4-9,16H,3,10-15H2. The Kier molecular flexibility index (Phi) is 5.38. The van der Waals surface area contributed by atoms with Gasteiger partial charge in [-0.25, -0.2) is 4.98 Å². The predicted molar refractivity (Wildman–Crippen MR) is 102 cm³/mol. The first-order valence-electron chi connectivity index (χ1n) is 9.14. The fourth-order valence-electron chi connectivity index (χ4n) is 3.12. The lowest BCUT2D eigenvalue weighted by Crippen LogP contribution is -2.37. The van der Waals surface area contributed by atoms with Crippen LogP contribution in [0.25, 0.3) is 22.3 Å². The number of ether oxygens (including phenoxy) is 2. The van der Waals surface area contributed by atoms with Crippen molar-refractivity contribution in [3.05, 3.63) is 54.7 Å². The third kappa shape index (κ3) is 4.18. The Labute approximate surface area is 153 Å². The maximum Gasteiger partial charge on any atom is 0.119 e. The Morgan fingerprint density at radius 3 is 2.54 bits per heavy atom. The molecule has 0 atom stereocenters. The van der Waals surface area contributed by atoms with Crippen molar-refractivity contribution in [3.63, 3.8) is 0 Å². The van der Waals surface area contributed by atoms with Crippen LogP contribution in [0.3, 0.4) is 0 Å². The number of nitrogens with zero attached hydrogens (tertiary/aromatic N) is 3. The number of hydrogen-bond acceptors (Lipinski definition) is 5. The second kappa shape index (κ2) is 8.25. The van der Waals surface area contributed by atoms with Crippen molar-refractivity contribution < 1.29 is 9.47 Å². The Hall–Kier alpha value is -2.50. The van der Waals surface area contributed by atoms with Gasteiger partial charge in [0.05, 0.1) is 42.7 Å². The van der Waals surface area contributed by atoms with Gasteiger partial charge in [0.2, 0.25) is 0 Å². The van der Waals surface area contributed by atoms with Crippen LogP contribution < -0.4 is 4.74 Å². The van der Waals surface area contributed by atoms with E-state index in [4.69, 9.17) is 9.47 Å². The molecule has 1 fully saturated rings. The molecule has 1 aromatic heterocycles. The molecule has 26 heavy (non-hydrogen) atoms. The van der Waals surface area contributed by atoms with E-state index in [1.807, 2.05) is 54.7 Å². The zero-order valence-corrected chi connectivity index (χ0v) is 14.8. The van der Waals surface area contributed by atoms with E-state index in [0.717, 1.165) is 73.9 Å². The summed E-state index contributed by atoms with van der Waals surface area (Å²) in [6.45, 7) is 5.55. The molecule has 0 N–H and O–H groups in total. The molecule has 1 aliphatic heterocycles. The smallest absolute Gasteiger partial charge is 0.119 e. The Bertz CT molecular complexity index is 845. The molecule has 0 radical (unpaired) electrons. The summed E-state index contributed by atoms with van der Waals surface area (Å²) in [5, 5.41) is 0. The zero-order chi connectivity index (χ0) is 17.6. The zero-order valence-electron chi connectivity index (χ0n) is 14.8. The largest absolute Gasteiger partial charge is 0.494 e. The molecule has 134 valence electrons. The van der Waals surface area contributed by atoms with E-state index in [9.17, 15) is 0 Å². The highest BCUT2D eigenvalue weighted by Crippen LogP contribution is 2.22. The van der Waals surface area contributed by atoms with Crippen LogP contribution in [0.5, 0.6) is 5.75 Å². The molecule has 0 unspecified atom stereocenters. The maximum absolute atomic E-state index is 5.86. The van der Waals surface area contributed by atoms with Gasteiger partial charge in [-0.2, -0.15) is 0 Å². The molecular weight excluding hydrogens is 326 g/mol. The highest BCUT2D eigenvalue weighted by atomic mass is 16.5. The topological polar surface area (TPSA) is 47.5 Å². The molecule has 0 saturated carbocycles. The number of para-hydroxylation sites is 2. The number of rotatable bonds is 6. The normalized spacial score (nSPS) is 15.2. The van der Waals surface area contributed by atoms with E-state index in [0.29, 0.717) is 0 Å². The summed E-state index contributed by atoms with van der Waals surface area (Å²) in [6.07, 6.45) is 2.85. The van der Waals surface area contributed by atoms with Crippen LogP contribution in [0.15, 0.2) is 54.7 Å². The van der Waals surface area contributed by atoms with Crippen molar-refractivity contribution in [2.45, 2.75) is 6.42 Å². The summed E-state index contributed by atoms with van der Waals surface area (Å²) >= 11 is 0. The summed E-state index contributed by atoms with van der Waals surface area (Å²) in [5.74, 6) is 0.893. The molecule has 5 heteroatoms. The van der Waals surface area contributed by atoms with Crippen molar-refractivity contribution in [1.82, 2.24) is 14.9 Å². The van der Waals surface area contributed by atoms with Crippen molar-refractivity contribution in [3.8, 4) is 17.0 Å². The van der Waals surface area contributed by atoms with Crippen LogP contribution in [-0.4, -0.2) is 54.3 Å². The first-order valence-corrected chi connectivity index (χ1v) is 9.14. The van der Waals surface area contributed by atoms with Gasteiger partial charge in [-0.3, -0.25) is 9.88 Å². The molecule has 0 bridgehead atoms. The van der Waals surface area contributed by atoms with Gasteiger partial charge in [-0.15, -0.1) is 0 Å². The molecule has 1 saturated heterocycles. The van der Waals surface area contributed by atoms with Gasteiger partial charge in [-0.1, -0.05) is 12.1 Å². The molecule has 2 heterocycles. The lowest BCUT2D eigenvalue weighted by molar-refractivity contribution is 0.0358. The van der Waals surface area contributed by atoms with E-state index in [2.05, 4.69) is 14.9 Å². The van der Waals surface area contributed by atoms with Crippen molar-refractivity contribution in [2.75, 3.05) is 39.5 Å². The first-order chi connectivity index (χ1) is 12.9. The fourth-order valence-corrected chi connectivity index (χ4v) is 3.12. The van der Waals surface area contributed by atoms with Gasteiger partial charge < -0.3 is 9.47 Å². The Balaban J connectivity index is 1.32. The molecule has 1 aliphatic rings. The number of benzene rings is 2. The second-order valence-corrected chi connectivity index (χ2v) is 6.42. The lowest BCUT2D eigenvalue weighted by Gasteiger charge is -2.26. The van der Waals surface area contributed by atoms with E-state index >= 15 is 0 Å². The first kappa shape index (κ1) is 16.9. The van der Waals surface area contributed by atoms with E-state index in [1.165, 1.54) is 0 Å². The maximum atomic E-state index is 5.86. The van der Waals surface area contributed by atoms with Crippen molar-refractivity contribution >= 4 is 11.0 Å². The minimum atomic E-state index is 0.729. The molecule has 0 amide bonds. The predicted octanol–water partition coefficient (Wildman–Crippen LogP) is 3.40. The second-order valence-electron chi connectivity index (χ2n) is 6.42. The van der Waals surface area contributed by atoms with Crippen LogP contribution in [0.2, 0.25) is 0 Å². The number of fused-ring (bicyclic) bond motifs is 1. The average Bonchev–Trinajstić information content (AvgIpc) is 2.72. The Morgan fingerprint density at radius 1 is 0.962 bits per heavy atom. The van der Waals surface area contributed by atoms with Gasteiger partial charge in [0.15, 0.2) is 0 Å². The van der Waals surface area contributed by atoms with Crippen LogP contribution >= 0.6 is 0 Å². The quantitative estimate of drug-likeness (QED) is 0.638. The average molecular weight is 349 g/mol. The van der Waals surface area contributed by atoms with Gasteiger partial charge in [0.1, 0.15) is 5.75 Å². The van der Waals surface area contributed by atoms with Crippen LogP contribution in [0.4, 0.5) is 0 Å². The molecule has 3 aromatic rings. The van der Waals surface area contributed by atoms with Crippen LogP contribution in [-0.2, 0) is 4.74 Å². The minimum absolute atomic E-state index is 0.729. The van der Waals surface area contributed by atoms with Crippen molar-refractivity contribution in [2.24, 2.45) is 0 Å². The van der Waals surface area contributed by atoms with E-state index in [1.54, 1.807) is 0 Å². The van der Waals surface area contributed by atoms with Crippen molar-refractivity contribution in [1.29, 1.82) is 0 Å². The lowest BCUT2D eigenvalue weighted by atomic mass is 10.1. The fraction of sp³-hybridized carbons (Fsp3) is 0.333. The molecule has 5 nitrogen and oxygen atoms in total. The summed E-state index contributed by atoms with van der Waals surface area (Å²) in [7, 11) is 0. The highest BCUT2D eigenvalue weighted by Gasteiger charge is 2.09. The third-order valence-corrected chi connectivity index (χ3v) is 4.59. The number of aromatic nitrogens is 2. The van der Waals surface area contributed by atoms with E-state index < -0.39 is 0 Å². The Morgan fingerprint density at radius 2 is 1.73 bits per heavy atom. The monoisotopic (exact) mass is 349 g/mol. The summed E-state index contributed by atoms with van der Waals surface area (Å²) in [6, 6.07) is 16.0. The van der Waals surface area contributed by atoms with Crippen LogP contribution in [0.1, 0.15) is 6.42 Å². The highest BCUT2D eigenvalue weighted by molar-refractivity contribution is 5.76. The molecule has 2 aromatic carbocycles. The molecule has 0 spiro atoms. The SMILES string of the molecule is c1ccc2nc(-c3ccc(OCCCN4CCOCC4)cc3)cnc2c1. The van der Waals surface area contributed by atoms with Gasteiger partial charge >= 0.3 is 0 Å². The van der Waals surface area contributed by atoms with Crippen LogP contribution in [0, 0.1) is 0 Å². The van der Waals surface area contributed by atoms with Gasteiger partial charge in [0, 0.05) is 25.2 Å². The van der Waals surface area contributed by atoms with E-state index in [-0.39, 0.29) is 0 Å². The van der Waals surface area contributed by atoms with Gasteiger partial charge in [-0.05, 0) is 42.8 Å². The third-order valence-electron chi connectivity index (χ3n) is 4.59. The molecule has 0 aliphatic carbocycles. The summed E-state index contributed by atoms with van der Waals surface area (Å²) in [5.41, 5.74) is 3.75. The summed E-state index contributed by atoms with van der Waals surface area (Å²) in [4.78, 5) is 11.6. The number of morpholine rings is 1. The minimum Gasteiger partial charge on any atom is -0.494 e. The van der Waals surface area contributed by atoms with Gasteiger partial charge in [0.25, 0.3) is 0 Å². The number of hydrogen-bond donors (Lipinski definition) is 0. The summed E-state index contributed by atoms with van der Waals surface area (Å²) < 4.78 is 11.2. The molecule has 4 rings (SSSR count). The molecular formula is C21H23N3O2.